The Balaban J connectivity index is 0.00000196. The van der Waals surface area contributed by atoms with Crippen LogP contribution < -0.4 is 19.5 Å². The van der Waals surface area contributed by atoms with Crippen molar-refractivity contribution in [2.24, 2.45) is 0 Å². The van der Waals surface area contributed by atoms with E-state index < -0.39 is 0 Å². The predicted molar refractivity (Wildman–Crippen MR) is 118 cm³/mol. The molecule has 0 spiro atoms. The van der Waals surface area contributed by atoms with E-state index in [0.29, 0.717) is 19.8 Å². The molecule has 1 heterocycles. The quantitative estimate of drug-likeness (QED) is 0.615. The summed E-state index contributed by atoms with van der Waals surface area (Å²) >= 11 is 0. The van der Waals surface area contributed by atoms with E-state index in [0.717, 1.165) is 50.0 Å². The first-order valence-electron chi connectivity index (χ1n) is 9.34. The van der Waals surface area contributed by atoms with Gasteiger partial charge < -0.3 is 19.5 Å². The summed E-state index contributed by atoms with van der Waals surface area (Å²) < 4.78 is 16.9. The van der Waals surface area contributed by atoms with Crippen LogP contribution in [0.15, 0.2) is 48.5 Å². The molecule has 5 nitrogen and oxygen atoms in total. The van der Waals surface area contributed by atoms with Gasteiger partial charge in [0.2, 0.25) is 0 Å². The van der Waals surface area contributed by atoms with E-state index in [4.69, 9.17) is 14.2 Å². The van der Waals surface area contributed by atoms with E-state index in [1.807, 2.05) is 43.3 Å². The highest BCUT2D eigenvalue weighted by Crippen LogP contribution is 2.18. The van der Waals surface area contributed by atoms with Crippen LogP contribution in [0.4, 0.5) is 0 Å². The summed E-state index contributed by atoms with van der Waals surface area (Å²) in [6.45, 7) is 9.05. The Kier molecular flexibility index (Phi) is 11.8. The molecule has 2 aromatic rings. The van der Waals surface area contributed by atoms with Crippen LogP contribution in [-0.4, -0.2) is 50.9 Å². The minimum Gasteiger partial charge on any atom is -0.494 e. The lowest BCUT2D eigenvalue weighted by atomic mass is 10.2. The number of piperazine rings is 1. The largest absolute Gasteiger partial charge is 0.494 e. The number of hydrogen-bond acceptors (Lipinski definition) is 5. The molecule has 1 fully saturated rings. The molecule has 2 aromatic carbocycles. The van der Waals surface area contributed by atoms with Crippen LogP contribution >= 0.6 is 24.8 Å². The first-order chi connectivity index (χ1) is 12.8. The lowest BCUT2D eigenvalue weighted by Gasteiger charge is -2.27. The Morgan fingerprint density at radius 2 is 1.21 bits per heavy atom. The first-order valence-corrected chi connectivity index (χ1v) is 9.34. The summed E-state index contributed by atoms with van der Waals surface area (Å²) in [4.78, 5) is 2.47. The van der Waals surface area contributed by atoms with E-state index in [1.54, 1.807) is 0 Å². The smallest absolute Gasteiger partial charge is 0.122 e. The van der Waals surface area contributed by atoms with Crippen molar-refractivity contribution in [2.75, 3.05) is 46.0 Å². The molecule has 28 heavy (non-hydrogen) atoms. The summed E-state index contributed by atoms with van der Waals surface area (Å²) in [6.07, 6.45) is 0. The molecule has 1 aliphatic heterocycles. The van der Waals surface area contributed by atoms with Gasteiger partial charge in [-0.1, -0.05) is 12.1 Å². The molecule has 1 saturated heterocycles. The fourth-order valence-electron chi connectivity index (χ4n) is 2.94. The maximum Gasteiger partial charge on any atom is 0.122 e. The fraction of sp³-hybridized carbons (Fsp3) is 0.429. The molecular weight excluding hydrogens is 399 g/mol. The number of benzene rings is 2. The molecule has 1 N–H and O–H groups in total. The zero-order chi connectivity index (χ0) is 18.0. The number of ether oxygens (including phenoxy) is 3. The second kappa shape index (κ2) is 13.5. The highest BCUT2D eigenvalue weighted by Gasteiger charge is 2.09. The monoisotopic (exact) mass is 428 g/mol. The summed E-state index contributed by atoms with van der Waals surface area (Å²) in [5.41, 5.74) is 1.32. The van der Waals surface area contributed by atoms with Crippen molar-refractivity contribution < 1.29 is 14.2 Å². The molecule has 0 atom stereocenters. The standard InChI is InChI=1S/C21H28N2O3.2ClH/c1-2-24-19-7-9-21(10-8-19)26-16-15-25-20-5-3-18(4-6-20)17-23-13-11-22-12-14-23;;/h3-10,22H,2,11-17H2,1H3;2*1H. The van der Waals surface area contributed by atoms with Crippen molar-refractivity contribution in [3.63, 3.8) is 0 Å². The second-order valence-electron chi connectivity index (χ2n) is 6.27. The lowest BCUT2D eigenvalue weighted by Crippen LogP contribution is -2.42. The molecule has 0 aromatic heterocycles. The summed E-state index contributed by atoms with van der Waals surface area (Å²) in [6, 6.07) is 16.0. The molecule has 7 heteroatoms. The van der Waals surface area contributed by atoms with Gasteiger partial charge in [0.1, 0.15) is 30.5 Å². The van der Waals surface area contributed by atoms with Gasteiger partial charge in [-0.3, -0.25) is 4.90 Å². The molecule has 0 radical (unpaired) electrons. The van der Waals surface area contributed by atoms with Gasteiger partial charge in [-0.05, 0) is 48.9 Å². The molecule has 3 rings (SSSR count). The second-order valence-corrected chi connectivity index (χ2v) is 6.27. The predicted octanol–water partition coefficient (Wildman–Crippen LogP) is 3.79. The lowest BCUT2D eigenvalue weighted by molar-refractivity contribution is 0.216. The maximum atomic E-state index is 5.76. The van der Waals surface area contributed by atoms with Gasteiger partial charge in [0, 0.05) is 32.7 Å². The SMILES string of the molecule is CCOc1ccc(OCCOc2ccc(CN3CCNCC3)cc2)cc1.Cl.Cl. The van der Waals surface area contributed by atoms with Crippen molar-refractivity contribution in [3.05, 3.63) is 54.1 Å². The molecule has 1 aliphatic rings. The summed E-state index contributed by atoms with van der Waals surface area (Å²) in [5, 5.41) is 3.38. The number of rotatable bonds is 9. The van der Waals surface area contributed by atoms with Gasteiger partial charge in [-0.25, -0.2) is 0 Å². The Labute approximate surface area is 180 Å². The van der Waals surface area contributed by atoms with Crippen LogP contribution in [-0.2, 0) is 6.54 Å². The number of nitrogens with one attached hydrogen (secondary N) is 1. The molecule has 0 unspecified atom stereocenters. The summed E-state index contributed by atoms with van der Waals surface area (Å²) in [7, 11) is 0. The normalized spacial score (nSPS) is 13.8. The van der Waals surface area contributed by atoms with E-state index >= 15 is 0 Å². The highest BCUT2D eigenvalue weighted by molar-refractivity contribution is 5.85. The van der Waals surface area contributed by atoms with Crippen LogP contribution in [0.25, 0.3) is 0 Å². The van der Waals surface area contributed by atoms with Crippen LogP contribution in [0.5, 0.6) is 17.2 Å². The zero-order valence-corrected chi connectivity index (χ0v) is 17.9. The average Bonchev–Trinajstić information content (AvgIpc) is 2.69. The van der Waals surface area contributed by atoms with Gasteiger partial charge in [-0.2, -0.15) is 0 Å². The molecule has 156 valence electrons. The van der Waals surface area contributed by atoms with E-state index in [9.17, 15) is 0 Å². The van der Waals surface area contributed by atoms with Crippen LogP contribution in [0, 0.1) is 0 Å². The zero-order valence-electron chi connectivity index (χ0n) is 16.3. The van der Waals surface area contributed by atoms with E-state index in [-0.39, 0.29) is 24.8 Å². The Morgan fingerprint density at radius 3 is 1.71 bits per heavy atom. The minimum atomic E-state index is 0. The highest BCUT2D eigenvalue weighted by atomic mass is 35.5. The van der Waals surface area contributed by atoms with Gasteiger partial charge >= 0.3 is 0 Å². The number of hydrogen-bond donors (Lipinski definition) is 1. The van der Waals surface area contributed by atoms with E-state index in [1.165, 1.54) is 5.56 Å². The van der Waals surface area contributed by atoms with Crippen molar-refractivity contribution in [1.82, 2.24) is 10.2 Å². The Morgan fingerprint density at radius 1 is 0.750 bits per heavy atom. The Hall–Kier alpha value is -1.66. The topological polar surface area (TPSA) is 43.0 Å². The van der Waals surface area contributed by atoms with Crippen molar-refractivity contribution in [1.29, 1.82) is 0 Å². The van der Waals surface area contributed by atoms with Crippen molar-refractivity contribution in [2.45, 2.75) is 13.5 Å². The third kappa shape index (κ3) is 8.15. The Bertz CT molecular complexity index is 648. The van der Waals surface area contributed by atoms with Crippen molar-refractivity contribution >= 4 is 24.8 Å². The molecular formula is C21H30Cl2N2O3. The third-order valence-electron chi connectivity index (χ3n) is 4.29. The van der Waals surface area contributed by atoms with Crippen molar-refractivity contribution in [3.8, 4) is 17.2 Å². The first kappa shape index (κ1) is 24.4. The minimum absolute atomic E-state index is 0. The van der Waals surface area contributed by atoms with E-state index in [2.05, 4.69) is 22.3 Å². The number of nitrogens with zero attached hydrogens (tertiary/aromatic N) is 1. The summed E-state index contributed by atoms with van der Waals surface area (Å²) in [5.74, 6) is 2.56. The molecule has 0 bridgehead atoms. The average molecular weight is 429 g/mol. The van der Waals surface area contributed by atoms with Crippen LogP contribution in [0.2, 0.25) is 0 Å². The number of halogens is 2. The van der Waals surface area contributed by atoms with Gasteiger partial charge in [-0.15, -0.1) is 24.8 Å². The third-order valence-corrected chi connectivity index (χ3v) is 4.29. The molecule has 0 amide bonds. The fourth-order valence-corrected chi connectivity index (χ4v) is 2.94. The van der Waals surface area contributed by atoms with Gasteiger partial charge in [0.05, 0.1) is 6.61 Å². The maximum absolute atomic E-state index is 5.76. The molecule has 0 saturated carbocycles. The molecule has 0 aliphatic carbocycles. The van der Waals surface area contributed by atoms with Crippen LogP contribution in [0.1, 0.15) is 12.5 Å². The van der Waals surface area contributed by atoms with Gasteiger partial charge in [0.25, 0.3) is 0 Å². The van der Waals surface area contributed by atoms with Gasteiger partial charge in [0.15, 0.2) is 0 Å². The van der Waals surface area contributed by atoms with Crippen LogP contribution in [0.3, 0.4) is 0 Å².